The van der Waals surface area contributed by atoms with Gasteiger partial charge in [0.05, 0.1) is 16.6 Å². The number of aromatic nitrogens is 2. The van der Waals surface area contributed by atoms with E-state index in [0.717, 1.165) is 18.4 Å². The Morgan fingerprint density at radius 1 is 1.24 bits per heavy atom. The molecule has 25 heavy (non-hydrogen) atoms. The first-order chi connectivity index (χ1) is 12.0. The molecule has 134 valence electrons. The highest BCUT2D eigenvalue weighted by Gasteiger charge is 2.34. The fourth-order valence-electron chi connectivity index (χ4n) is 3.93. The fourth-order valence-corrected chi connectivity index (χ4v) is 4.97. The van der Waals surface area contributed by atoms with Crippen LogP contribution in [-0.4, -0.2) is 33.6 Å². The van der Waals surface area contributed by atoms with Crippen LogP contribution in [0.5, 0.6) is 0 Å². The summed E-state index contributed by atoms with van der Waals surface area (Å²) in [5, 5.41) is 7.43. The van der Waals surface area contributed by atoms with E-state index in [-0.39, 0.29) is 17.5 Å². The third-order valence-electron chi connectivity index (χ3n) is 5.61. The van der Waals surface area contributed by atoms with Gasteiger partial charge in [-0.25, -0.2) is 4.98 Å². The first-order valence-electron chi connectivity index (χ1n) is 9.06. The second-order valence-corrected chi connectivity index (χ2v) is 8.31. The summed E-state index contributed by atoms with van der Waals surface area (Å²) in [6, 6.07) is 1.18. The van der Waals surface area contributed by atoms with Gasteiger partial charge in [0.1, 0.15) is 4.83 Å². The van der Waals surface area contributed by atoms with E-state index in [1.54, 1.807) is 7.05 Å². The first-order valence-corrected chi connectivity index (χ1v) is 9.88. The number of hydrogen-bond acceptors (Lipinski definition) is 5. The Morgan fingerprint density at radius 3 is 2.64 bits per heavy atom. The maximum absolute atomic E-state index is 12.8. The number of carbonyl (C=O) groups is 1. The van der Waals surface area contributed by atoms with Gasteiger partial charge in [-0.2, -0.15) is 0 Å². The van der Waals surface area contributed by atoms with Gasteiger partial charge in [0.2, 0.25) is 0 Å². The standard InChI is InChI=1S/C18H24N4O2S/c1-10-14-17(19-9-22(2)18(14)24)25-15(10)16(23)21-13-8-7-12(13)20-11-5-3-4-6-11/h9,11-13,20H,3-8H2,1-2H3,(H,21,23)/t12-,13+/m0/s1. The van der Waals surface area contributed by atoms with Gasteiger partial charge in [0, 0.05) is 25.2 Å². The normalized spacial score (nSPS) is 23.8. The molecule has 2 heterocycles. The molecule has 0 unspecified atom stereocenters. The Balaban J connectivity index is 1.49. The van der Waals surface area contributed by atoms with Gasteiger partial charge in [-0.3, -0.25) is 9.59 Å². The smallest absolute Gasteiger partial charge is 0.262 e. The lowest BCUT2D eigenvalue weighted by Crippen LogP contribution is -2.58. The second kappa shape index (κ2) is 6.53. The molecule has 4 rings (SSSR count). The molecule has 2 atom stereocenters. The zero-order chi connectivity index (χ0) is 17.6. The van der Waals surface area contributed by atoms with Crippen molar-refractivity contribution in [2.45, 2.75) is 63.6 Å². The maximum Gasteiger partial charge on any atom is 0.262 e. The Labute approximate surface area is 150 Å². The minimum atomic E-state index is -0.0952. The van der Waals surface area contributed by atoms with Crippen LogP contribution in [0.3, 0.4) is 0 Å². The highest BCUT2D eigenvalue weighted by molar-refractivity contribution is 7.20. The van der Waals surface area contributed by atoms with Gasteiger partial charge in [-0.1, -0.05) is 12.8 Å². The van der Waals surface area contributed by atoms with Gasteiger partial charge >= 0.3 is 0 Å². The lowest BCUT2D eigenvalue weighted by molar-refractivity contribution is 0.0893. The predicted octanol–water partition coefficient (Wildman–Crippen LogP) is 2.10. The van der Waals surface area contributed by atoms with Gasteiger partial charge in [0.25, 0.3) is 11.5 Å². The monoisotopic (exact) mass is 360 g/mol. The van der Waals surface area contributed by atoms with Gasteiger partial charge in [-0.05, 0) is 38.2 Å². The van der Waals surface area contributed by atoms with Crippen LogP contribution in [0.25, 0.3) is 10.2 Å². The van der Waals surface area contributed by atoms with E-state index < -0.39 is 0 Å². The Morgan fingerprint density at radius 2 is 1.96 bits per heavy atom. The number of carbonyl (C=O) groups excluding carboxylic acids is 1. The van der Waals surface area contributed by atoms with E-state index in [9.17, 15) is 9.59 Å². The molecule has 7 heteroatoms. The average Bonchev–Trinajstić information content (AvgIpc) is 3.21. The summed E-state index contributed by atoms with van der Waals surface area (Å²) in [5.74, 6) is -0.0783. The van der Waals surface area contributed by atoms with Crippen LogP contribution in [0.4, 0.5) is 0 Å². The van der Waals surface area contributed by atoms with Crippen molar-refractivity contribution in [2.24, 2.45) is 7.05 Å². The van der Waals surface area contributed by atoms with Gasteiger partial charge in [-0.15, -0.1) is 11.3 Å². The fraction of sp³-hybridized carbons (Fsp3) is 0.611. The number of aryl methyl sites for hydroxylation is 2. The zero-order valence-corrected chi connectivity index (χ0v) is 15.5. The molecule has 2 aromatic rings. The van der Waals surface area contributed by atoms with Crippen molar-refractivity contribution < 1.29 is 4.79 Å². The molecule has 6 nitrogen and oxygen atoms in total. The molecule has 2 aliphatic rings. The van der Waals surface area contributed by atoms with Crippen molar-refractivity contribution >= 4 is 27.5 Å². The molecule has 0 aromatic carbocycles. The van der Waals surface area contributed by atoms with Crippen molar-refractivity contribution in [1.29, 1.82) is 0 Å². The lowest BCUT2D eigenvalue weighted by Gasteiger charge is -2.39. The molecule has 0 saturated heterocycles. The summed E-state index contributed by atoms with van der Waals surface area (Å²) in [7, 11) is 1.68. The molecule has 2 aliphatic carbocycles. The SMILES string of the molecule is Cc1c(C(=O)N[C@@H]2CC[C@@H]2NC2CCCC2)sc2ncn(C)c(=O)c12. The summed E-state index contributed by atoms with van der Waals surface area (Å²) in [4.78, 5) is 30.6. The minimum Gasteiger partial charge on any atom is -0.347 e. The van der Waals surface area contributed by atoms with Crippen LogP contribution in [0, 0.1) is 6.92 Å². The molecule has 1 amide bonds. The van der Waals surface area contributed by atoms with Crippen LogP contribution >= 0.6 is 11.3 Å². The van der Waals surface area contributed by atoms with Crippen LogP contribution in [0.1, 0.15) is 53.8 Å². The summed E-state index contributed by atoms with van der Waals surface area (Å²) in [5.41, 5.74) is 0.646. The maximum atomic E-state index is 12.8. The predicted molar refractivity (Wildman–Crippen MR) is 99.3 cm³/mol. The van der Waals surface area contributed by atoms with Crippen LogP contribution in [0.2, 0.25) is 0 Å². The van der Waals surface area contributed by atoms with Crippen molar-refractivity contribution in [3.05, 3.63) is 27.1 Å². The summed E-state index contributed by atoms with van der Waals surface area (Å²) < 4.78 is 1.46. The van der Waals surface area contributed by atoms with Gasteiger partial charge in [0.15, 0.2) is 0 Å². The Hall–Kier alpha value is -1.73. The molecule has 2 fully saturated rings. The third-order valence-corrected chi connectivity index (χ3v) is 6.81. The largest absolute Gasteiger partial charge is 0.347 e. The van der Waals surface area contributed by atoms with Gasteiger partial charge < -0.3 is 15.2 Å². The first kappa shape index (κ1) is 16.7. The van der Waals surface area contributed by atoms with E-state index in [0.29, 0.717) is 27.2 Å². The van der Waals surface area contributed by atoms with Crippen LogP contribution in [-0.2, 0) is 7.05 Å². The molecule has 2 aromatic heterocycles. The molecule has 0 spiro atoms. The number of hydrogen-bond donors (Lipinski definition) is 2. The molecule has 2 N–H and O–H groups in total. The number of nitrogens with one attached hydrogen (secondary N) is 2. The topological polar surface area (TPSA) is 76.0 Å². The molecular formula is C18H24N4O2S. The number of nitrogens with zero attached hydrogens (tertiary/aromatic N) is 2. The zero-order valence-electron chi connectivity index (χ0n) is 14.7. The average molecular weight is 360 g/mol. The van der Waals surface area contributed by atoms with Crippen molar-refractivity contribution in [3.8, 4) is 0 Å². The van der Waals surface area contributed by atoms with Crippen molar-refractivity contribution in [3.63, 3.8) is 0 Å². The van der Waals surface area contributed by atoms with Crippen molar-refractivity contribution in [1.82, 2.24) is 20.2 Å². The third kappa shape index (κ3) is 3.00. The number of fused-ring (bicyclic) bond motifs is 1. The van der Waals surface area contributed by atoms with E-state index in [1.165, 1.54) is 47.9 Å². The number of rotatable bonds is 4. The second-order valence-electron chi connectivity index (χ2n) is 7.31. The van der Waals surface area contributed by atoms with Crippen LogP contribution in [0.15, 0.2) is 11.1 Å². The van der Waals surface area contributed by atoms with E-state index >= 15 is 0 Å². The van der Waals surface area contributed by atoms with Crippen molar-refractivity contribution in [2.75, 3.05) is 0 Å². The molecule has 0 radical (unpaired) electrons. The van der Waals surface area contributed by atoms with Crippen LogP contribution < -0.4 is 16.2 Å². The number of amides is 1. The highest BCUT2D eigenvalue weighted by Crippen LogP contribution is 2.29. The minimum absolute atomic E-state index is 0.0783. The number of thiophene rings is 1. The highest BCUT2D eigenvalue weighted by atomic mass is 32.1. The Kier molecular flexibility index (Phi) is 4.37. The summed E-state index contributed by atoms with van der Waals surface area (Å²) in [6.45, 7) is 1.84. The molecular weight excluding hydrogens is 336 g/mol. The Bertz CT molecular complexity index is 866. The van der Waals surface area contributed by atoms with E-state index in [2.05, 4.69) is 15.6 Å². The van der Waals surface area contributed by atoms with E-state index in [1.807, 2.05) is 6.92 Å². The lowest BCUT2D eigenvalue weighted by atomic mass is 9.85. The summed E-state index contributed by atoms with van der Waals surface area (Å²) >= 11 is 1.31. The molecule has 2 saturated carbocycles. The quantitative estimate of drug-likeness (QED) is 0.875. The molecule has 0 bridgehead atoms. The van der Waals surface area contributed by atoms with E-state index in [4.69, 9.17) is 0 Å². The summed E-state index contributed by atoms with van der Waals surface area (Å²) in [6.07, 6.45) is 8.77. The molecule has 0 aliphatic heterocycles.